The van der Waals surface area contributed by atoms with Crippen LogP contribution in [0.5, 0.6) is 0 Å². The summed E-state index contributed by atoms with van der Waals surface area (Å²) < 4.78 is 6.38. The molecule has 0 spiro atoms. The maximum atomic E-state index is 6.38. The zero-order valence-electron chi connectivity index (χ0n) is 14.7. The van der Waals surface area contributed by atoms with E-state index in [1.165, 1.54) is 33.0 Å². The minimum absolute atomic E-state index is 0.0226. The van der Waals surface area contributed by atoms with E-state index in [0.29, 0.717) is 0 Å². The molecule has 0 aliphatic heterocycles. The van der Waals surface area contributed by atoms with Gasteiger partial charge in [-0.15, -0.1) is 0 Å². The van der Waals surface area contributed by atoms with Crippen LogP contribution in [0.2, 0.25) is 0 Å². The first-order valence-electron chi connectivity index (χ1n) is 8.45. The van der Waals surface area contributed by atoms with Gasteiger partial charge in [0.05, 0.1) is 0 Å². The Morgan fingerprint density at radius 3 is 2.42 bits per heavy atom. The van der Waals surface area contributed by atoms with Crippen molar-refractivity contribution in [1.29, 1.82) is 0 Å². The maximum Gasteiger partial charge on any atom is 0.197 e. The summed E-state index contributed by atoms with van der Waals surface area (Å²) in [6.07, 6.45) is 3.18. The predicted molar refractivity (Wildman–Crippen MR) is 106 cm³/mol. The Morgan fingerprint density at radius 1 is 1.04 bits per heavy atom. The molecule has 0 bridgehead atoms. The quantitative estimate of drug-likeness (QED) is 0.480. The van der Waals surface area contributed by atoms with Gasteiger partial charge in [0, 0.05) is 27.6 Å². The third-order valence-electron chi connectivity index (χ3n) is 4.47. The molecule has 1 aliphatic rings. The van der Waals surface area contributed by atoms with Crippen molar-refractivity contribution in [3.8, 4) is 22.5 Å². The zero-order chi connectivity index (χ0) is 16.9. The number of hydrogen-bond donors (Lipinski definition) is 1. The summed E-state index contributed by atoms with van der Waals surface area (Å²) in [7, 11) is 0. The minimum atomic E-state index is -0.0226. The maximum absolute atomic E-state index is 6.38. The lowest BCUT2D eigenvalue weighted by atomic mass is 10.00. The van der Waals surface area contributed by atoms with Crippen LogP contribution in [0.15, 0.2) is 40.8 Å². The van der Waals surface area contributed by atoms with Gasteiger partial charge in [0.1, 0.15) is 5.76 Å². The van der Waals surface area contributed by atoms with Gasteiger partial charge in [-0.1, -0.05) is 36.4 Å². The highest BCUT2D eigenvalue weighted by Gasteiger charge is 2.31. The topological polar surface area (TPSA) is 25.2 Å². The summed E-state index contributed by atoms with van der Waals surface area (Å²) in [6, 6.07) is 13.1. The average molecular weight is 337 g/mol. The molecule has 0 radical (unpaired) electrons. The van der Waals surface area contributed by atoms with Crippen LogP contribution in [-0.4, -0.2) is 17.5 Å². The average Bonchev–Trinajstić information content (AvgIpc) is 3.02. The van der Waals surface area contributed by atoms with E-state index >= 15 is 0 Å². The Bertz CT molecular complexity index is 912. The van der Waals surface area contributed by atoms with Crippen LogP contribution >= 0.6 is 11.8 Å². The number of furan rings is 1. The lowest BCUT2D eigenvalue weighted by molar-refractivity contribution is 0.546. The molecule has 0 saturated carbocycles. The highest BCUT2D eigenvalue weighted by molar-refractivity contribution is 7.98. The molecular formula is C21H23NOS. The molecule has 0 fully saturated rings. The molecule has 0 saturated heterocycles. The monoisotopic (exact) mass is 337 g/mol. The van der Waals surface area contributed by atoms with E-state index in [4.69, 9.17) is 4.42 Å². The summed E-state index contributed by atoms with van der Waals surface area (Å²) in [5.41, 5.74) is 5.14. The fourth-order valence-corrected chi connectivity index (χ4v) is 3.97. The minimum Gasteiger partial charge on any atom is -0.440 e. The highest BCUT2D eigenvalue weighted by atomic mass is 32.2. The molecule has 1 N–H and O–H groups in total. The molecule has 3 heteroatoms. The van der Waals surface area contributed by atoms with Gasteiger partial charge in [-0.2, -0.15) is 11.8 Å². The molecule has 24 heavy (non-hydrogen) atoms. The Morgan fingerprint density at radius 2 is 1.75 bits per heavy atom. The van der Waals surface area contributed by atoms with Crippen LogP contribution in [0.1, 0.15) is 26.3 Å². The van der Waals surface area contributed by atoms with Gasteiger partial charge in [0.25, 0.3) is 0 Å². The summed E-state index contributed by atoms with van der Waals surface area (Å²) in [5.74, 6) is 3.06. The van der Waals surface area contributed by atoms with E-state index in [9.17, 15) is 0 Å². The Balaban J connectivity index is 1.95. The second-order valence-electron chi connectivity index (χ2n) is 7.44. The van der Waals surface area contributed by atoms with E-state index in [1.807, 2.05) is 11.8 Å². The van der Waals surface area contributed by atoms with Crippen molar-refractivity contribution in [2.24, 2.45) is 0 Å². The van der Waals surface area contributed by atoms with E-state index in [-0.39, 0.29) is 5.54 Å². The Kier molecular flexibility index (Phi) is 3.65. The van der Waals surface area contributed by atoms with Gasteiger partial charge < -0.3 is 9.73 Å². The molecular weight excluding hydrogens is 314 g/mol. The van der Waals surface area contributed by atoms with Gasteiger partial charge in [0.15, 0.2) is 5.88 Å². The molecule has 1 aliphatic carbocycles. The van der Waals surface area contributed by atoms with Crippen molar-refractivity contribution in [3.63, 3.8) is 0 Å². The zero-order valence-corrected chi connectivity index (χ0v) is 15.5. The molecule has 4 rings (SSSR count). The molecule has 3 aromatic rings. The van der Waals surface area contributed by atoms with Crippen molar-refractivity contribution in [2.45, 2.75) is 32.7 Å². The Hall–Kier alpha value is -1.87. The molecule has 0 unspecified atom stereocenters. The molecule has 124 valence electrons. The van der Waals surface area contributed by atoms with E-state index < -0.39 is 0 Å². The van der Waals surface area contributed by atoms with Crippen LogP contribution < -0.4 is 5.32 Å². The number of hydrogen-bond acceptors (Lipinski definition) is 3. The van der Waals surface area contributed by atoms with Crippen LogP contribution in [0.4, 0.5) is 5.88 Å². The third kappa shape index (κ3) is 2.42. The van der Waals surface area contributed by atoms with Gasteiger partial charge >= 0.3 is 0 Å². The fourth-order valence-electron chi connectivity index (χ4n) is 3.56. The van der Waals surface area contributed by atoms with E-state index in [2.05, 4.69) is 68.7 Å². The second kappa shape index (κ2) is 5.59. The smallest absolute Gasteiger partial charge is 0.197 e. The summed E-state index contributed by atoms with van der Waals surface area (Å²) in [5, 5.41) is 6.20. The van der Waals surface area contributed by atoms with E-state index in [1.54, 1.807) is 0 Å². The number of rotatable bonds is 4. The molecule has 2 nitrogen and oxygen atoms in total. The van der Waals surface area contributed by atoms with Crippen molar-refractivity contribution in [3.05, 3.63) is 42.0 Å². The van der Waals surface area contributed by atoms with Crippen LogP contribution in [0.3, 0.4) is 0 Å². The number of fused-ring (bicyclic) bond motifs is 3. The number of thioether (sulfide) groups is 1. The number of nitrogens with one attached hydrogen (secondary N) is 1. The van der Waals surface area contributed by atoms with Crippen molar-refractivity contribution in [2.75, 3.05) is 17.3 Å². The largest absolute Gasteiger partial charge is 0.440 e. The first-order chi connectivity index (χ1) is 11.5. The number of benzene rings is 2. The third-order valence-corrected chi connectivity index (χ3v) is 5.08. The lowest BCUT2D eigenvalue weighted by Gasteiger charge is -2.21. The Labute approximate surface area is 147 Å². The normalized spacial score (nSPS) is 12.7. The summed E-state index contributed by atoms with van der Waals surface area (Å²) in [6.45, 7) is 6.52. The number of anilines is 1. The molecule has 0 amide bonds. The molecule has 2 aromatic carbocycles. The van der Waals surface area contributed by atoms with Crippen LogP contribution in [0, 0.1) is 0 Å². The molecule has 1 aromatic heterocycles. The highest BCUT2D eigenvalue weighted by Crippen LogP contribution is 2.52. The first-order valence-corrected chi connectivity index (χ1v) is 9.84. The van der Waals surface area contributed by atoms with Crippen LogP contribution in [0.25, 0.3) is 33.2 Å². The van der Waals surface area contributed by atoms with Crippen molar-refractivity contribution >= 4 is 28.4 Å². The van der Waals surface area contributed by atoms with Gasteiger partial charge in [-0.05, 0) is 50.2 Å². The van der Waals surface area contributed by atoms with Gasteiger partial charge in [-0.3, -0.25) is 0 Å². The molecule has 0 atom stereocenters. The lowest BCUT2D eigenvalue weighted by Crippen LogP contribution is -2.26. The van der Waals surface area contributed by atoms with Gasteiger partial charge in [0.2, 0.25) is 0 Å². The van der Waals surface area contributed by atoms with Crippen molar-refractivity contribution in [1.82, 2.24) is 0 Å². The fraction of sp³-hybridized carbons (Fsp3) is 0.333. The first kappa shape index (κ1) is 15.6. The predicted octanol–water partition coefficient (Wildman–Crippen LogP) is 6.20. The SMILES string of the molecule is CSCCc1c(NC(C)(C)C)oc2c1-c1cccc3cccc-2c13. The summed E-state index contributed by atoms with van der Waals surface area (Å²) >= 11 is 1.88. The second-order valence-corrected chi connectivity index (χ2v) is 8.43. The van der Waals surface area contributed by atoms with Gasteiger partial charge in [-0.25, -0.2) is 0 Å². The molecule has 1 heterocycles. The summed E-state index contributed by atoms with van der Waals surface area (Å²) in [4.78, 5) is 0. The van der Waals surface area contributed by atoms with Crippen molar-refractivity contribution < 1.29 is 4.42 Å². The van der Waals surface area contributed by atoms with Crippen LogP contribution in [-0.2, 0) is 6.42 Å². The standard InChI is InChI=1S/C21H23NOS/c1-21(2,3)22-20-16(11-12-24-4)18-14-9-5-7-13-8-6-10-15(17(13)14)19(18)23-20/h5-10,22H,11-12H2,1-4H3. The van der Waals surface area contributed by atoms with E-state index in [0.717, 1.165) is 23.8 Å².